The summed E-state index contributed by atoms with van der Waals surface area (Å²) in [6.45, 7) is 4.10. The Labute approximate surface area is 165 Å². The highest BCUT2D eigenvalue weighted by Gasteiger charge is 2.28. The van der Waals surface area contributed by atoms with Gasteiger partial charge in [-0.15, -0.1) is 0 Å². The van der Waals surface area contributed by atoms with Crippen LogP contribution in [0.1, 0.15) is 31.7 Å². The van der Waals surface area contributed by atoms with Gasteiger partial charge in [0.15, 0.2) is 0 Å². The van der Waals surface area contributed by atoms with Crippen molar-refractivity contribution in [1.82, 2.24) is 15.8 Å². The molecule has 2 heterocycles. The molecule has 2 aliphatic heterocycles. The number of carbonyl (C=O) groups excluding carboxylic acids is 3. The molecule has 1 saturated heterocycles. The predicted octanol–water partition coefficient (Wildman–Crippen LogP) is 1.46. The number of nitrogens with one attached hydrogen (secondary N) is 2. The minimum atomic E-state index is -0.337. The summed E-state index contributed by atoms with van der Waals surface area (Å²) in [7, 11) is 0. The zero-order valence-corrected chi connectivity index (χ0v) is 16.3. The average molecular weight is 388 g/mol. The number of para-hydroxylation sites is 1. The van der Waals surface area contributed by atoms with E-state index in [0.29, 0.717) is 32.5 Å². The largest absolute Gasteiger partial charge is 0.450 e. The molecule has 0 bridgehead atoms. The van der Waals surface area contributed by atoms with E-state index in [-0.39, 0.29) is 30.4 Å². The van der Waals surface area contributed by atoms with Crippen molar-refractivity contribution in [3.63, 3.8) is 0 Å². The second-order valence-corrected chi connectivity index (χ2v) is 7.15. The van der Waals surface area contributed by atoms with Crippen LogP contribution in [0.25, 0.3) is 0 Å². The SMILES string of the molecule is CCOC(=O)N1CCC(C(=O)NNC(=O)CN2CCCc3ccccc32)CC1. The molecule has 0 atom stereocenters. The molecule has 8 heteroatoms. The van der Waals surface area contributed by atoms with Gasteiger partial charge in [0.25, 0.3) is 5.91 Å². The number of hydrazine groups is 1. The zero-order valence-electron chi connectivity index (χ0n) is 16.3. The topological polar surface area (TPSA) is 91.0 Å². The lowest BCUT2D eigenvalue weighted by Gasteiger charge is -2.31. The molecule has 1 aromatic rings. The summed E-state index contributed by atoms with van der Waals surface area (Å²) in [6.07, 6.45) is 2.81. The number of hydrogen-bond donors (Lipinski definition) is 2. The maximum atomic E-state index is 12.3. The van der Waals surface area contributed by atoms with Gasteiger partial charge >= 0.3 is 6.09 Å². The van der Waals surface area contributed by atoms with Crippen LogP contribution in [0.4, 0.5) is 10.5 Å². The number of carbonyl (C=O) groups is 3. The van der Waals surface area contributed by atoms with E-state index in [4.69, 9.17) is 4.74 Å². The standard InChI is InChI=1S/C20H28N4O4/c1-2-28-20(27)23-12-9-16(10-13-23)19(26)22-21-18(25)14-24-11-5-7-15-6-3-4-8-17(15)24/h3-4,6,8,16H,2,5,7,9-14H2,1H3,(H,21,25)(H,22,26). The van der Waals surface area contributed by atoms with Crippen molar-refractivity contribution in [2.75, 3.05) is 37.7 Å². The van der Waals surface area contributed by atoms with Crippen molar-refractivity contribution >= 4 is 23.6 Å². The highest BCUT2D eigenvalue weighted by molar-refractivity contribution is 5.86. The number of nitrogens with zero attached hydrogens (tertiary/aromatic N) is 2. The van der Waals surface area contributed by atoms with Gasteiger partial charge in [0.1, 0.15) is 0 Å². The van der Waals surface area contributed by atoms with Crippen LogP contribution in [0.3, 0.4) is 0 Å². The number of ether oxygens (including phenoxy) is 1. The average Bonchev–Trinajstić information content (AvgIpc) is 2.72. The highest BCUT2D eigenvalue weighted by Crippen LogP contribution is 2.26. The normalized spacial score (nSPS) is 16.9. The third-order valence-electron chi connectivity index (χ3n) is 5.26. The molecule has 3 rings (SSSR count). The van der Waals surface area contributed by atoms with Gasteiger partial charge in [0.05, 0.1) is 13.2 Å². The summed E-state index contributed by atoms with van der Waals surface area (Å²) in [5.74, 6) is -0.674. The Bertz CT molecular complexity index is 716. The first kappa shape index (κ1) is 20.0. The van der Waals surface area contributed by atoms with Crippen molar-refractivity contribution in [2.24, 2.45) is 5.92 Å². The first-order valence-electron chi connectivity index (χ1n) is 9.91. The van der Waals surface area contributed by atoms with Crippen molar-refractivity contribution in [1.29, 1.82) is 0 Å². The number of anilines is 1. The van der Waals surface area contributed by atoms with E-state index in [2.05, 4.69) is 16.9 Å². The summed E-state index contributed by atoms with van der Waals surface area (Å²) in [6, 6.07) is 8.09. The maximum absolute atomic E-state index is 12.3. The molecule has 3 amide bonds. The number of rotatable bonds is 4. The molecule has 0 unspecified atom stereocenters. The minimum absolute atomic E-state index is 0.207. The number of amides is 3. The van der Waals surface area contributed by atoms with Gasteiger partial charge in [0, 0.05) is 31.2 Å². The first-order valence-corrected chi connectivity index (χ1v) is 9.91. The number of benzene rings is 1. The van der Waals surface area contributed by atoms with Crippen LogP contribution in [0.5, 0.6) is 0 Å². The van der Waals surface area contributed by atoms with Gasteiger partial charge in [-0.1, -0.05) is 18.2 Å². The fraction of sp³-hybridized carbons (Fsp3) is 0.550. The third-order valence-corrected chi connectivity index (χ3v) is 5.26. The van der Waals surface area contributed by atoms with Crippen molar-refractivity contribution in [3.05, 3.63) is 29.8 Å². The molecule has 0 saturated carbocycles. The Hall–Kier alpha value is -2.77. The lowest BCUT2D eigenvalue weighted by molar-refractivity contribution is -0.131. The molecule has 152 valence electrons. The second-order valence-electron chi connectivity index (χ2n) is 7.15. The molecule has 0 radical (unpaired) electrons. The van der Waals surface area contributed by atoms with Gasteiger partial charge in [0.2, 0.25) is 5.91 Å². The van der Waals surface area contributed by atoms with Crippen LogP contribution in [-0.2, 0) is 20.7 Å². The highest BCUT2D eigenvalue weighted by atomic mass is 16.6. The number of likely N-dealkylation sites (tertiary alicyclic amines) is 1. The van der Waals surface area contributed by atoms with E-state index < -0.39 is 0 Å². The third kappa shape index (κ3) is 4.94. The van der Waals surface area contributed by atoms with E-state index in [1.54, 1.807) is 11.8 Å². The smallest absolute Gasteiger partial charge is 0.409 e. The van der Waals surface area contributed by atoms with Crippen LogP contribution in [0.2, 0.25) is 0 Å². The Balaban J connectivity index is 1.42. The van der Waals surface area contributed by atoms with E-state index in [1.165, 1.54) is 5.56 Å². The number of hydrogen-bond acceptors (Lipinski definition) is 5. The molecule has 0 aliphatic carbocycles. The Morgan fingerprint density at radius 3 is 2.61 bits per heavy atom. The van der Waals surface area contributed by atoms with E-state index >= 15 is 0 Å². The molecule has 0 aromatic heterocycles. The van der Waals surface area contributed by atoms with E-state index in [0.717, 1.165) is 25.1 Å². The first-order chi connectivity index (χ1) is 13.6. The van der Waals surface area contributed by atoms with Crippen LogP contribution in [0, 0.1) is 5.92 Å². The fourth-order valence-corrected chi connectivity index (χ4v) is 3.76. The van der Waals surface area contributed by atoms with Crippen molar-refractivity contribution in [3.8, 4) is 0 Å². The summed E-state index contributed by atoms with van der Waals surface area (Å²) in [5, 5.41) is 0. The zero-order chi connectivity index (χ0) is 19.9. The van der Waals surface area contributed by atoms with Crippen molar-refractivity contribution in [2.45, 2.75) is 32.6 Å². The van der Waals surface area contributed by atoms with Crippen LogP contribution in [-0.4, -0.2) is 55.6 Å². The van der Waals surface area contributed by atoms with Crippen molar-refractivity contribution < 1.29 is 19.1 Å². The molecule has 2 N–H and O–H groups in total. The Kier molecular flexibility index (Phi) is 6.73. The summed E-state index contributed by atoms with van der Waals surface area (Å²) in [4.78, 5) is 40.0. The Morgan fingerprint density at radius 2 is 1.86 bits per heavy atom. The number of fused-ring (bicyclic) bond motifs is 1. The Morgan fingerprint density at radius 1 is 1.11 bits per heavy atom. The van der Waals surface area contributed by atoms with Gasteiger partial charge < -0.3 is 14.5 Å². The summed E-state index contributed by atoms with van der Waals surface area (Å²) in [5.41, 5.74) is 7.40. The second kappa shape index (κ2) is 9.43. The molecule has 8 nitrogen and oxygen atoms in total. The molecule has 1 aromatic carbocycles. The predicted molar refractivity (Wildman–Crippen MR) is 105 cm³/mol. The van der Waals surface area contributed by atoms with Crippen LogP contribution in [0.15, 0.2) is 24.3 Å². The molecular formula is C20H28N4O4. The quantitative estimate of drug-likeness (QED) is 0.762. The summed E-state index contributed by atoms with van der Waals surface area (Å²) >= 11 is 0. The molecule has 2 aliphatic rings. The van der Waals surface area contributed by atoms with Crippen LogP contribution < -0.4 is 15.8 Å². The molecule has 1 fully saturated rings. The molecule has 0 spiro atoms. The van der Waals surface area contributed by atoms with Gasteiger partial charge in [-0.05, 0) is 44.2 Å². The molecule has 28 heavy (non-hydrogen) atoms. The molecular weight excluding hydrogens is 360 g/mol. The lowest BCUT2D eigenvalue weighted by Crippen LogP contribution is -2.50. The van der Waals surface area contributed by atoms with Crippen LogP contribution >= 0.6 is 0 Å². The van der Waals surface area contributed by atoms with Gasteiger partial charge in [-0.2, -0.15) is 0 Å². The maximum Gasteiger partial charge on any atom is 0.409 e. The number of aryl methyl sites for hydroxylation is 1. The monoisotopic (exact) mass is 388 g/mol. The van der Waals surface area contributed by atoms with Gasteiger partial charge in [-0.3, -0.25) is 20.4 Å². The lowest BCUT2D eigenvalue weighted by atomic mass is 9.96. The minimum Gasteiger partial charge on any atom is -0.450 e. The summed E-state index contributed by atoms with van der Waals surface area (Å²) < 4.78 is 4.98. The van der Waals surface area contributed by atoms with E-state index in [1.807, 2.05) is 23.1 Å². The fourth-order valence-electron chi connectivity index (χ4n) is 3.76. The van der Waals surface area contributed by atoms with E-state index in [9.17, 15) is 14.4 Å². The van der Waals surface area contributed by atoms with Gasteiger partial charge in [-0.25, -0.2) is 4.79 Å². The number of piperidine rings is 1.